The number of carboxylic acid groups (broad SMARTS) is 1. The highest BCUT2D eigenvalue weighted by molar-refractivity contribution is 6.00. The largest absolute Gasteiger partial charge is 0.507 e. The minimum Gasteiger partial charge on any atom is -0.507 e. The molecule has 0 heterocycles. The van der Waals surface area contributed by atoms with Crippen molar-refractivity contribution in [3.8, 4) is 29.6 Å². The van der Waals surface area contributed by atoms with Crippen molar-refractivity contribution >= 4 is 11.9 Å². The molecule has 0 amide bonds. The molecule has 0 unspecified atom stereocenters. The van der Waals surface area contributed by atoms with Crippen LogP contribution in [0.25, 0.3) is 0 Å². The van der Waals surface area contributed by atoms with Crippen LogP contribution in [0.1, 0.15) is 37.4 Å². The maximum Gasteiger partial charge on any atom is 0.347 e. The molecule has 6 heteroatoms. The van der Waals surface area contributed by atoms with Crippen molar-refractivity contribution in [1.29, 1.82) is 0 Å². The van der Waals surface area contributed by atoms with Crippen LogP contribution in [0.5, 0.6) is 17.2 Å². The Labute approximate surface area is 166 Å². The van der Waals surface area contributed by atoms with E-state index in [1.54, 1.807) is 48.5 Å². The van der Waals surface area contributed by atoms with E-state index >= 15 is 0 Å². The van der Waals surface area contributed by atoms with E-state index in [1.807, 2.05) is 0 Å². The molecule has 0 spiro atoms. The number of para-hydroxylation sites is 1. The minimum atomic E-state index is -1.44. The third-order valence-corrected chi connectivity index (χ3v) is 4.28. The van der Waals surface area contributed by atoms with E-state index in [4.69, 9.17) is 11.2 Å². The van der Waals surface area contributed by atoms with Gasteiger partial charge in [-0.1, -0.05) is 48.4 Å². The van der Waals surface area contributed by atoms with Crippen LogP contribution in [0.2, 0.25) is 0 Å². The van der Waals surface area contributed by atoms with Gasteiger partial charge in [-0.05, 0) is 23.8 Å². The zero-order valence-electron chi connectivity index (χ0n) is 15.1. The lowest BCUT2D eigenvalue weighted by Crippen LogP contribution is -2.14. The summed E-state index contributed by atoms with van der Waals surface area (Å²) >= 11 is 0. The molecule has 0 radical (unpaired) electrons. The molecule has 3 aromatic carbocycles. The lowest BCUT2D eigenvalue weighted by atomic mass is 9.95. The number of phenols is 2. The maximum atomic E-state index is 12.8. The molecule has 0 saturated carbocycles. The SMILES string of the molecule is C#Cc1ccccc1OC(=O)c1c(O)cc(C(=O)O)c(O)c1Cc1ccccc1. The van der Waals surface area contributed by atoms with E-state index in [0.717, 1.165) is 6.07 Å². The molecular weight excluding hydrogens is 372 g/mol. The summed E-state index contributed by atoms with van der Waals surface area (Å²) in [6.07, 6.45) is 5.41. The van der Waals surface area contributed by atoms with Crippen molar-refractivity contribution in [2.75, 3.05) is 0 Å². The van der Waals surface area contributed by atoms with Crippen LogP contribution < -0.4 is 4.74 Å². The third-order valence-electron chi connectivity index (χ3n) is 4.28. The fourth-order valence-corrected chi connectivity index (χ4v) is 2.90. The van der Waals surface area contributed by atoms with Crippen LogP contribution in [0, 0.1) is 12.3 Å². The highest BCUT2D eigenvalue weighted by Crippen LogP contribution is 2.36. The van der Waals surface area contributed by atoms with Crippen LogP contribution in [0.3, 0.4) is 0 Å². The van der Waals surface area contributed by atoms with Crippen molar-refractivity contribution in [3.63, 3.8) is 0 Å². The van der Waals surface area contributed by atoms with Gasteiger partial charge in [0.05, 0.1) is 5.56 Å². The number of ether oxygens (including phenoxy) is 1. The average molecular weight is 388 g/mol. The summed E-state index contributed by atoms with van der Waals surface area (Å²) in [5, 5.41) is 30.2. The first-order valence-corrected chi connectivity index (χ1v) is 8.55. The van der Waals surface area contributed by atoms with Crippen molar-refractivity contribution in [2.24, 2.45) is 0 Å². The van der Waals surface area contributed by atoms with Crippen LogP contribution in [0.15, 0.2) is 60.7 Å². The Hall–Kier alpha value is -4.24. The Morgan fingerprint density at radius 1 is 1.00 bits per heavy atom. The van der Waals surface area contributed by atoms with Crippen molar-refractivity contribution in [2.45, 2.75) is 6.42 Å². The summed E-state index contributed by atoms with van der Waals surface area (Å²) < 4.78 is 5.34. The van der Waals surface area contributed by atoms with Gasteiger partial charge in [-0.3, -0.25) is 0 Å². The van der Waals surface area contributed by atoms with E-state index in [1.165, 1.54) is 6.07 Å². The lowest BCUT2D eigenvalue weighted by molar-refractivity contribution is 0.0685. The second-order valence-corrected chi connectivity index (χ2v) is 6.14. The van der Waals surface area contributed by atoms with Crippen molar-refractivity contribution in [1.82, 2.24) is 0 Å². The van der Waals surface area contributed by atoms with E-state index in [0.29, 0.717) is 11.1 Å². The molecule has 29 heavy (non-hydrogen) atoms. The van der Waals surface area contributed by atoms with E-state index in [9.17, 15) is 24.9 Å². The predicted octanol–water partition coefficient (Wildman–Crippen LogP) is 3.59. The molecule has 3 N–H and O–H groups in total. The number of esters is 1. The molecule has 6 nitrogen and oxygen atoms in total. The second kappa shape index (κ2) is 8.19. The van der Waals surface area contributed by atoms with Gasteiger partial charge in [-0.15, -0.1) is 6.42 Å². The quantitative estimate of drug-likeness (QED) is 0.267. The number of phenolic OH excluding ortho intramolecular Hbond substituents is 1. The van der Waals surface area contributed by atoms with E-state index in [-0.39, 0.29) is 23.3 Å². The number of carboxylic acids is 1. The number of carbonyl (C=O) groups excluding carboxylic acids is 1. The minimum absolute atomic E-state index is 0.00255. The number of aromatic hydroxyl groups is 2. The fraction of sp³-hybridized carbons (Fsp3) is 0.0435. The Morgan fingerprint density at radius 3 is 2.31 bits per heavy atom. The van der Waals surface area contributed by atoms with Gasteiger partial charge >= 0.3 is 11.9 Å². The summed E-state index contributed by atoms with van der Waals surface area (Å²) in [5.41, 5.74) is 0.119. The van der Waals surface area contributed by atoms with Gasteiger partial charge in [0.25, 0.3) is 0 Å². The first kappa shape index (κ1) is 19.5. The zero-order chi connectivity index (χ0) is 21.0. The van der Waals surface area contributed by atoms with E-state index in [2.05, 4.69) is 5.92 Å². The average Bonchev–Trinajstić information content (AvgIpc) is 2.71. The van der Waals surface area contributed by atoms with Gasteiger partial charge in [0, 0.05) is 12.0 Å². The smallest absolute Gasteiger partial charge is 0.347 e. The third kappa shape index (κ3) is 4.04. The molecule has 0 bridgehead atoms. The van der Waals surface area contributed by atoms with Crippen LogP contribution in [-0.4, -0.2) is 27.3 Å². The Morgan fingerprint density at radius 2 is 1.66 bits per heavy atom. The summed E-state index contributed by atoms with van der Waals surface area (Å²) in [5.74, 6) is -1.15. The molecule has 0 aliphatic rings. The molecule has 0 fully saturated rings. The molecule has 0 aliphatic carbocycles. The van der Waals surface area contributed by atoms with Crippen LogP contribution in [0.4, 0.5) is 0 Å². The normalized spacial score (nSPS) is 10.2. The van der Waals surface area contributed by atoms with Crippen LogP contribution in [-0.2, 0) is 6.42 Å². The molecule has 0 aromatic heterocycles. The number of benzene rings is 3. The molecule has 3 rings (SSSR count). The summed E-state index contributed by atoms with van der Waals surface area (Å²) in [6.45, 7) is 0. The highest BCUT2D eigenvalue weighted by Gasteiger charge is 2.27. The first-order chi connectivity index (χ1) is 13.9. The summed E-state index contributed by atoms with van der Waals surface area (Å²) in [7, 11) is 0. The number of terminal acetylenes is 1. The number of hydrogen-bond acceptors (Lipinski definition) is 5. The van der Waals surface area contributed by atoms with Crippen LogP contribution >= 0.6 is 0 Å². The number of carbonyl (C=O) groups is 2. The molecule has 0 aliphatic heterocycles. The molecule has 3 aromatic rings. The van der Waals surface area contributed by atoms with E-state index < -0.39 is 29.0 Å². The van der Waals surface area contributed by atoms with Gasteiger partial charge in [-0.2, -0.15) is 0 Å². The molecule has 0 saturated heterocycles. The number of aromatic carboxylic acids is 1. The van der Waals surface area contributed by atoms with Gasteiger partial charge in [0.2, 0.25) is 0 Å². The zero-order valence-corrected chi connectivity index (χ0v) is 15.1. The Kier molecular flexibility index (Phi) is 5.51. The molecule has 144 valence electrons. The van der Waals surface area contributed by atoms with Gasteiger partial charge < -0.3 is 20.1 Å². The topological polar surface area (TPSA) is 104 Å². The summed E-state index contributed by atoms with van der Waals surface area (Å²) in [4.78, 5) is 24.3. The molecular formula is C23H16O6. The first-order valence-electron chi connectivity index (χ1n) is 8.55. The maximum absolute atomic E-state index is 12.8. The Balaban J connectivity index is 2.11. The monoisotopic (exact) mass is 388 g/mol. The Bertz CT molecular complexity index is 1130. The fourth-order valence-electron chi connectivity index (χ4n) is 2.90. The highest BCUT2D eigenvalue weighted by atomic mass is 16.5. The second-order valence-electron chi connectivity index (χ2n) is 6.14. The molecule has 0 atom stereocenters. The van der Waals surface area contributed by atoms with Crippen molar-refractivity contribution < 1.29 is 29.6 Å². The standard InChI is InChI=1S/C23H16O6/c1-2-15-10-6-7-11-19(15)29-23(28)20-16(12-14-8-4-3-5-9-14)21(25)17(22(26)27)13-18(20)24/h1,3-11,13,24-25H,12H2,(H,26,27). The summed E-state index contributed by atoms with van der Waals surface area (Å²) in [6, 6.07) is 16.0. The predicted molar refractivity (Wildman–Crippen MR) is 105 cm³/mol. The van der Waals surface area contributed by atoms with Gasteiger partial charge in [0.15, 0.2) is 0 Å². The lowest BCUT2D eigenvalue weighted by Gasteiger charge is -2.15. The van der Waals surface area contributed by atoms with Gasteiger partial charge in [-0.25, -0.2) is 9.59 Å². The van der Waals surface area contributed by atoms with Crippen molar-refractivity contribution in [3.05, 3.63) is 88.5 Å². The van der Waals surface area contributed by atoms with Gasteiger partial charge in [0.1, 0.15) is 28.4 Å². The number of rotatable bonds is 5. The number of hydrogen-bond donors (Lipinski definition) is 3.